The molecule has 6 rings (SSSR count). The summed E-state index contributed by atoms with van der Waals surface area (Å²) in [5.41, 5.74) is 4.41. The number of hydrogen-bond acceptors (Lipinski definition) is 6. The Morgan fingerprint density at radius 3 is 2.56 bits per heavy atom. The molecule has 200 valence electrons. The van der Waals surface area contributed by atoms with Gasteiger partial charge in [-0.3, -0.25) is 14.5 Å². The monoisotopic (exact) mass is 529 g/mol. The lowest BCUT2D eigenvalue weighted by molar-refractivity contribution is -0.142. The predicted octanol–water partition coefficient (Wildman–Crippen LogP) is 4.91. The predicted molar refractivity (Wildman–Crippen MR) is 141 cm³/mol. The van der Waals surface area contributed by atoms with Gasteiger partial charge in [-0.1, -0.05) is 6.07 Å². The van der Waals surface area contributed by atoms with Crippen LogP contribution in [0.4, 0.5) is 10.1 Å². The van der Waals surface area contributed by atoms with E-state index < -0.39 is 17.9 Å². The van der Waals surface area contributed by atoms with Gasteiger partial charge in [-0.2, -0.15) is 0 Å². The van der Waals surface area contributed by atoms with Crippen LogP contribution in [0, 0.1) is 18.7 Å². The lowest BCUT2D eigenvalue weighted by Crippen LogP contribution is -2.44. The highest BCUT2D eigenvalue weighted by molar-refractivity contribution is 5.99. The first kappa shape index (κ1) is 25.0. The van der Waals surface area contributed by atoms with Gasteiger partial charge < -0.3 is 14.2 Å². The second-order valence-electron chi connectivity index (χ2n) is 10.3. The van der Waals surface area contributed by atoms with Crippen LogP contribution in [0.2, 0.25) is 0 Å². The Bertz CT molecular complexity index is 1580. The quantitative estimate of drug-likeness (QED) is 0.391. The summed E-state index contributed by atoms with van der Waals surface area (Å²) >= 11 is 0. The van der Waals surface area contributed by atoms with Gasteiger partial charge in [0.2, 0.25) is 0 Å². The fourth-order valence-corrected chi connectivity index (χ4v) is 5.57. The number of halogens is 1. The Balaban J connectivity index is 1.29. The zero-order chi connectivity index (χ0) is 27.3. The number of carbonyl (C=O) groups is 2. The molecule has 2 aliphatic rings. The number of fused-ring (bicyclic) bond motifs is 2. The summed E-state index contributed by atoms with van der Waals surface area (Å²) in [6.07, 6.45) is 7.56. The normalized spacial score (nSPS) is 21.1. The number of para-hydroxylation sites is 1. The molecule has 1 amide bonds. The summed E-state index contributed by atoms with van der Waals surface area (Å²) in [5, 5.41) is 9.25. The summed E-state index contributed by atoms with van der Waals surface area (Å²) in [6.45, 7) is 3.71. The molecule has 10 heteroatoms. The van der Waals surface area contributed by atoms with E-state index in [0.717, 1.165) is 46.8 Å². The fourth-order valence-electron chi connectivity index (χ4n) is 5.57. The number of aliphatic carboxylic acids is 1. The molecule has 4 heterocycles. The van der Waals surface area contributed by atoms with Crippen LogP contribution in [0.25, 0.3) is 16.8 Å². The van der Waals surface area contributed by atoms with Crippen molar-refractivity contribution < 1.29 is 23.8 Å². The number of carbonyl (C=O) groups excluding carboxylic acids is 1. The lowest BCUT2D eigenvalue weighted by atomic mass is 9.81. The summed E-state index contributed by atoms with van der Waals surface area (Å²) in [7, 11) is 0. The number of benzene rings is 1. The minimum absolute atomic E-state index is 0.0745. The average molecular weight is 530 g/mol. The molecule has 3 aromatic heterocycles. The highest BCUT2D eigenvalue weighted by atomic mass is 19.1. The van der Waals surface area contributed by atoms with E-state index in [1.54, 1.807) is 36.4 Å². The van der Waals surface area contributed by atoms with Crippen molar-refractivity contribution in [3.05, 3.63) is 72.0 Å². The van der Waals surface area contributed by atoms with Crippen molar-refractivity contribution in [1.29, 1.82) is 0 Å². The molecule has 0 radical (unpaired) electrons. The minimum Gasteiger partial charge on any atom is -0.481 e. The van der Waals surface area contributed by atoms with Crippen LogP contribution in [0.5, 0.6) is 5.75 Å². The molecular weight excluding hydrogens is 501 g/mol. The van der Waals surface area contributed by atoms with E-state index >= 15 is 0 Å². The third kappa shape index (κ3) is 4.49. The summed E-state index contributed by atoms with van der Waals surface area (Å²) < 4.78 is 22.0. The van der Waals surface area contributed by atoms with E-state index in [9.17, 15) is 19.1 Å². The molecule has 0 spiro atoms. The number of anilines is 1. The van der Waals surface area contributed by atoms with E-state index in [1.807, 2.05) is 29.7 Å². The maximum atomic E-state index is 14.5. The Hall–Kier alpha value is -4.34. The van der Waals surface area contributed by atoms with Gasteiger partial charge in [0.25, 0.3) is 5.91 Å². The van der Waals surface area contributed by atoms with Crippen LogP contribution < -0.4 is 9.64 Å². The van der Waals surface area contributed by atoms with Crippen molar-refractivity contribution in [2.24, 2.45) is 5.92 Å². The number of carboxylic acids is 1. The van der Waals surface area contributed by atoms with Crippen molar-refractivity contribution in [3.8, 4) is 16.9 Å². The number of pyridine rings is 1. The van der Waals surface area contributed by atoms with Crippen LogP contribution in [-0.2, 0) is 16.1 Å². The van der Waals surface area contributed by atoms with Crippen molar-refractivity contribution in [2.75, 3.05) is 4.90 Å². The second-order valence-corrected chi connectivity index (χ2v) is 10.3. The zero-order valence-corrected chi connectivity index (χ0v) is 21.7. The highest BCUT2D eigenvalue weighted by Crippen LogP contribution is 2.38. The van der Waals surface area contributed by atoms with E-state index in [2.05, 4.69) is 15.0 Å². The first-order valence-electron chi connectivity index (χ1n) is 13.1. The maximum absolute atomic E-state index is 14.5. The van der Waals surface area contributed by atoms with E-state index in [-0.39, 0.29) is 30.0 Å². The molecule has 1 atom stereocenters. The number of ether oxygens (including phenoxy) is 1. The summed E-state index contributed by atoms with van der Waals surface area (Å²) in [6, 6.07) is 8.42. The topological polar surface area (TPSA) is 110 Å². The standard InChI is InChI=1S/C29H28FN5O4/c1-16-24(15-35-23-5-3-4-22(30)26(23)39-17(2)28(35)36)34-14-20(10-11-25(34)33-16)21-12-31-27(32-13-21)18-6-8-19(9-7-18)29(37)38/h3-5,10-14,17-19H,6-9,15H2,1-2H3,(H,37,38). The molecule has 1 N–H and O–H groups in total. The molecule has 1 unspecified atom stereocenters. The molecule has 4 aromatic rings. The van der Waals surface area contributed by atoms with Gasteiger partial charge >= 0.3 is 5.97 Å². The largest absolute Gasteiger partial charge is 0.481 e. The fraction of sp³-hybridized carbons (Fsp3) is 0.345. The number of imidazole rings is 1. The molecule has 0 bridgehead atoms. The maximum Gasteiger partial charge on any atom is 0.306 e. The van der Waals surface area contributed by atoms with Crippen LogP contribution in [0.3, 0.4) is 0 Å². The van der Waals surface area contributed by atoms with Gasteiger partial charge in [0, 0.05) is 35.6 Å². The van der Waals surface area contributed by atoms with Gasteiger partial charge in [-0.15, -0.1) is 0 Å². The van der Waals surface area contributed by atoms with Gasteiger partial charge in [-0.05, 0) is 63.8 Å². The number of nitrogens with zero attached hydrogens (tertiary/aromatic N) is 5. The minimum atomic E-state index is -0.806. The number of rotatable bonds is 5. The molecule has 1 aliphatic carbocycles. The Kier molecular flexibility index (Phi) is 6.25. The first-order valence-corrected chi connectivity index (χ1v) is 13.1. The number of carboxylic acid groups (broad SMARTS) is 1. The average Bonchev–Trinajstić information content (AvgIpc) is 3.25. The molecule has 0 saturated heterocycles. The number of aryl methyl sites for hydroxylation is 1. The zero-order valence-electron chi connectivity index (χ0n) is 21.7. The van der Waals surface area contributed by atoms with Crippen LogP contribution in [0.1, 0.15) is 55.7 Å². The first-order chi connectivity index (χ1) is 18.8. The van der Waals surface area contributed by atoms with Crippen molar-refractivity contribution in [2.45, 2.75) is 58.1 Å². The summed E-state index contributed by atoms with van der Waals surface area (Å²) in [5.74, 6) is -0.769. The third-order valence-electron chi connectivity index (χ3n) is 7.82. The lowest BCUT2D eigenvalue weighted by Gasteiger charge is -2.33. The number of hydrogen-bond donors (Lipinski definition) is 1. The third-order valence-corrected chi connectivity index (χ3v) is 7.82. The van der Waals surface area contributed by atoms with Crippen LogP contribution in [0.15, 0.2) is 48.9 Å². The van der Waals surface area contributed by atoms with Crippen molar-refractivity contribution in [1.82, 2.24) is 19.4 Å². The van der Waals surface area contributed by atoms with Gasteiger partial charge in [0.1, 0.15) is 11.5 Å². The molecule has 1 fully saturated rings. The molecule has 39 heavy (non-hydrogen) atoms. The van der Waals surface area contributed by atoms with Crippen LogP contribution in [-0.4, -0.2) is 42.4 Å². The SMILES string of the molecule is Cc1nc2ccc(-c3cnc(C4CCC(C(=O)O)CC4)nc3)cn2c1CN1C(=O)C(C)Oc2c(F)cccc21. The Morgan fingerprint density at radius 1 is 1.10 bits per heavy atom. The van der Waals surface area contributed by atoms with E-state index in [4.69, 9.17) is 4.74 Å². The Labute approximate surface area is 224 Å². The second kappa shape index (κ2) is 9.76. The molecule has 1 saturated carbocycles. The Morgan fingerprint density at radius 2 is 1.85 bits per heavy atom. The van der Waals surface area contributed by atoms with E-state index in [0.29, 0.717) is 18.5 Å². The van der Waals surface area contributed by atoms with Crippen LogP contribution >= 0.6 is 0 Å². The van der Waals surface area contributed by atoms with Gasteiger partial charge in [0.05, 0.1) is 29.5 Å². The highest BCUT2D eigenvalue weighted by Gasteiger charge is 2.34. The van der Waals surface area contributed by atoms with Gasteiger partial charge in [-0.25, -0.2) is 19.3 Å². The van der Waals surface area contributed by atoms with Gasteiger partial charge in [0.15, 0.2) is 17.7 Å². The van der Waals surface area contributed by atoms with Crippen molar-refractivity contribution in [3.63, 3.8) is 0 Å². The van der Waals surface area contributed by atoms with Crippen molar-refractivity contribution >= 4 is 23.2 Å². The molecule has 1 aliphatic heterocycles. The summed E-state index contributed by atoms with van der Waals surface area (Å²) in [4.78, 5) is 39.8. The molecule has 9 nitrogen and oxygen atoms in total. The number of aromatic nitrogens is 4. The molecular formula is C29H28FN5O4. The molecule has 1 aromatic carbocycles. The van der Waals surface area contributed by atoms with E-state index in [1.165, 1.54) is 6.07 Å². The number of amides is 1. The smallest absolute Gasteiger partial charge is 0.306 e.